The predicted octanol–water partition coefficient (Wildman–Crippen LogP) is 3.57. The number of carbonyl (C=O) groups excluding carboxylic acids is 1. The van der Waals surface area contributed by atoms with Crippen LogP contribution in [0.1, 0.15) is 18.1 Å². The Labute approximate surface area is 125 Å². The highest BCUT2D eigenvalue weighted by Crippen LogP contribution is 2.26. The van der Waals surface area contributed by atoms with Crippen molar-refractivity contribution in [1.82, 2.24) is 0 Å². The van der Waals surface area contributed by atoms with Gasteiger partial charge in [0.1, 0.15) is 5.75 Å². The van der Waals surface area contributed by atoms with Crippen LogP contribution in [0.4, 0.5) is 11.4 Å². The lowest BCUT2D eigenvalue weighted by molar-refractivity contribution is -0.114. The fraction of sp³-hybridized carbons (Fsp3) is 0.235. The van der Waals surface area contributed by atoms with E-state index in [1.165, 1.54) is 6.92 Å². The molecule has 2 aromatic rings. The number of hydrogen-bond donors (Lipinski definition) is 2. The maximum Gasteiger partial charge on any atom is 0.221 e. The predicted molar refractivity (Wildman–Crippen MR) is 85.8 cm³/mol. The second-order valence-corrected chi connectivity index (χ2v) is 4.90. The van der Waals surface area contributed by atoms with E-state index in [0.717, 1.165) is 28.3 Å². The van der Waals surface area contributed by atoms with Crippen LogP contribution in [-0.4, -0.2) is 13.0 Å². The maximum atomic E-state index is 11.2. The lowest BCUT2D eigenvalue weighted by Crippen LogP contribution is -2.10. The van der Waals surface area contributed by atoms with E-state index in [1.807, 2.05) is 49.4 Å². The van der Waals surface area contributed by atoms with E-state index >= 15 is 0 Å². The first-order valence-electron chi connectivity index (χ1n) is 6.84. The second-order valence-electron chi connectivity index (χ2n) is 4.90. The van der Waals surface area contributed by atoms with Gasteiger partial charge in [0, 0.05) is 19.2 Å². The Hall–Kier alpha value is -2.49. The highest BCUT2D eigenvalue weighted by atomic mass is 16.5. The Balaban J connectivity index is 2.17. The molecule has 0 fully saturated rings. The Morgan fingerprint density at radius 2 is 1.90 bits per heavy atom. The summed E-state index contributed by atoms with van der Waals surface area (Å²) in [4.78, 5) is 11.2. The van der Waals surface area contributed by atoms with Crippen LogP contribution in [-0.2, 0) is 11.3 Å². The van der Waals surface area contributed by atoms with Gasteiger partial charge in [-0.1, -0.05) is 24.3 Å². The molecule has 0 bridgehead atoms. The van der Waals surface area contributed by atoms with Gasteiger partial charge < -0.3 is 15.4 Å². The summed E-state index contributed by atoms with van der Waals surface area (Å²) in [6, 6.07) is 13.7. The van der Waals surface area contributed by atoms with E-state index in [0.29, 0.717) is 6.54 Å². The van der Waals surface area contributed by atoms with E-state index in [4.69, 9.17) is 4.74 Å². The summed E-state index contributed by atoms with van der Waals surface area (Å²) >= 11 is 0. The summed E-state index contributed by atoms with van der Waals surface area (Å²) in [5, 5.41) is 6.20. The molecule has 0 spiro atoms. The molecule has 4 nitrogen and oxygen atoms in total. The molecule has 0 heterocycles. The lowest BCUT2D eigenvalue weighted by atomic mass is 10.1. The van der Waals surface area contributed by atoms with Crippen molar-refractivity contribution in [3.8, 4) is 5.75 Å². The highest BCUT2D eigenvalue weighted by molar-refractivity contribution is 5.89. The Morgan fingerprint density at radius 3 is 2.62 bits per heavy atom. The molecule has 2 aromatic carbocycles. The quantitative estimate of drug-likeness (QED) is 0.882. The van der Waals surface area contributed by atoms with Crippen molar-refractivity contribution in [3.05, 3.63) is 53.6 Å². The maximum absolute atomic E-state index is 11.2. The number of rotatable bonds is 5. The number of nitrogens with one attached hydrogen (secondary N) is 2. The molecule has 21 heavy (non-hydrogen) atoms. The number of para-hydroxylation sites is 1. The summed E-state index contributed by atoms with van der Waals surface area (Å²) in [6.45, 7) is 4.15. The number of ether oxygens (including phenoxy) is 1. The smallest absolute Gasteiger partial charge is 0.221 e. The van der Waals surface area contributed by atoms with Gasteiger partial charge >= 0.3 is 0 Å². The Bertz CT molecular complexity index is 638. The normalized spacial score (nSPS) is 10.0. The first-order valence-corrected chi connectivity index (χ1v) is 6.84. The molecule has 0 aliphatic carbocycles. The topological polar surface area (TPSA) is 50.4 Å². The number of carbonyl (C=O) groups is 1. The number of benzene rings is 2. The SMILES string of the molecule is COc1ccc(C)cc1NCc1ccccc1NC(C)=O. The van der Waals surface area contributed by atoms with Crippen LogP contribution in [0.3, 0.4) is 0 Å². The molecule has 0 saturated heterocycles. The van der Waals surface area contributed by atoms with Crippen molar-refractivity contribution >= 4 is 17.3 Å². The summed E-state index contributed by atoms with van der Waals surface area (Å²) in [6.07, 6.45) is 0. The standard InChI is InChI=1S/C17H20N2O2/c1-12-8-9-17(21-3)16(10-12)18-11-14-6-4-5-7-15(14)19-13(2)20/h4-10,18H,11H2,1-3H3,(H,19,20). The zero-order valence-electron chi connectivity index (χ0n) is 12.6. The van der Waals surface area contributed by atoms with Gasteiger partial charge in [0.05, 0.1) is 12.8 Å². The minimum absolute atomic E-state index is 0.0735. The first kappa shape index (κ1) is 14.9. The lowest BCUT2D eigenvalue weighted by Gasteiger charge is -2.14. The highest BCUT2D eigenvalue weighted by Gasteiger charge is 2.06. The van der Waals surface area contributed by atoms with Gasteiger partial charge in [-0.3, -0.25) is 4.79 Å². The van der Waals surface area contributed by atoms with Crippen molar-refractivity contribution < 1.29 is 9.53 Å². The Kier molecular flexibility index (Phi) is 4.82. The fourth-order valence-electron chi connectivity index (χ4n) is 2.14. The number of amides is 1. The first-order chi connectivity index (χ1) is 10.1. The molecule has 0 aliphatic heterocycles. The van der Waals surface area contributed by atoms with Crippen molar-refractivity contribution in [2.24, 2.45) is 0 Å². The van der Waals surface area contributed by atoms with Crippen molar-refractivity contribution in [3.63, 3.8) is 0 Å². The van der Waals surface area contributed by atoms with Gasteiger partial charge in [0.15, 0.2) is 0 Å². The molecule has 1 amide bonds. The van der Waals surface area contributed by atoms with Crippen LogP contribution in [0.2, 0.25) is 0 Å². The second kappa shape index (κ2) is 6.79. The van der Waals surface area contributed by atoms with E-state index < -0.39 is 0 Å². The number of aryl methyl sites for hydroxylation is 1. The van der Waals surface area contributed by atoms with E-state index in [-0.39, 0.29) is 5.91 Å². The number of methoxy groups -OCH3 is 1. The van der Waals surface area contributed by atoms with Crippen molar-refractivity contribution in [2.45, 2.75) is 20.4 Å². The van der Waals surface area contributed by atoms with Crippen LogP contribution in [0.5, 0.6) is 5.75 Å². The van der Waals surface area contributed by atoms with Crippen LogP contribution in [0.15, 0.2) is 42.5 Å². The summed E-state index contributed by atoms with van der Waals surface area (Å²) in [7, 11) is 1.65. The van der Waals surface area contributed by atoms with E-state index in [1.54, 1.807) is 7.11 Å². The van der Waals surface area contributed by atoms with E-state index in [9.17, 15) is 4.79 Å². The fourth-order valence-corrected chi connectivity index (χ4v) is 2.14. The van der Waals surface area contributed by atoms with Gasteiger partial charge in [-0.25, -0.2) is 0 Å². The number of hydrogen-bond acceptors (Lipinski definition) is 3. The molecule has 0 aromatic heterocycles. The molecule has 0 saturated carbocycles. The van der Waals surface area contributed by atoms with Gasteiger partial charge in [-0.05, 0) is 36.2 Å². The summed E-state index contributed by atoms with van der Waals surface area (Å²) < 4.78 is 5.35. The summed E-state index contributed by atoms with van der Waals surface area (Å²) in [5.74, 6) is 0.730. The molecule has 4 heteroatoms. The van der Waals surface area contributed by atoms with E-state index in [2.05, 4.69) is 10.6 Å². The monoisotopic (exact) mass is 284 g/mol. The van der Waals surface area contributed by atoms with Gasteiger partial charge in [0.25, 0.3) is 0 Å². The molecule has 2 rings (SSSR count). The molecule has 0 aliphatic rings. The summed E-state index contributed by atoms with van der Waals surface area (Å²) in [5.41, 5.74) is 3.95. The van der Waals surface area contributed by atoms with Crippen LogP contribution >= 0.6 is 0 Å². The van der Waals surface area contributed by atoms with Crippen LogP contribution in [0, 0.1) is 6.92 Å². The minimum atomic E-state index is -0.0735. The largest absolute Gasteiger partial charge is 0.495 e. The molecule has 0 radical (unpaired) electrons. The van der Waals surface area contributed by atoms with Gasteiger partial charge in [-0.15, -0.1) is 0 Å². The molecule has 0 atom stereocenters. The average Bonchev–Trinajstić information content (AvgIpc) is 2.46. The minimum Gasteiger partial charge on any atom is -0.495 e. The number of anilines is 2. The zero-order valence-corrected chi connectivity index (χ0v) is 12.6. The molecular weight excluding hydrogens is 264 g/mol. The van der Waals surface area contributed by atoms with Crippen molar-refractivity contribution in [1.29, 1.82) is 0 Å². The third-order valence-corrected chi connectivity index (χ3v) is 3.15. The van der Waals surface area contributed by atoms with Crippen LogP contribution < -0.4 is 15.4 Å². The molecule has 0 unspecified atom stereocenters. The van der Waals surface area contributed by atoms with Gasteiger partial charge in [-0.2, -0.15) is 0 Å². The third kappa shape index (κ3) is 3.99. The zero-order chi connectivity index (χ0) is 15.2. The molecule has 2 N–H and O–H groups in total. The average molecular weight is 284 g/mol. The molecular formula is C17H20N2O2. The Morgan fingerprint density at radius 1 is 1.14 bits per heavy atom. The molecule has 110 valence electrons. The van der Waals surface area contributed by atoms with Crippen LogP contribution in [0.25, 0.3) is 0 Å². The third-order valence-electron chi connectivity index (χ3n) is 3.15. The van der Waals surface area contributed by atoms with Crippen molar-refractivity contribution in [2.75, 3.05) is 17.7 Å². The van der Waals surface area contributed by atoms with Gasteiger partial charge in [0.2, 0.25) is 5.91 Å².